The van der Waals surface area contributed by atoms with E-state index in [1.807, 2.05) is 37.3 Å². The van der Waals surface area contributed by atoms with E-state index in [1.54, 1.807) is 48.5 Å². The topological polar surface area (TPSA) is 91.2 Å². The van der Waals surface area contributed by atoms with Crippen LogP contribution in [0.1, 0.15) is 11.1 Å². The molecule has 160 valence electrons. The standard InChI is InChI=1S/C25H20ClN3O3/c1-17-3-2-4-22(13-17)28-24(30)16-32-23-11-5-18(6-12-23)14-19(15-27)25(31)29-21-9-7-20(26)8-10-21/h2-14H,16H2,1H3,(H,28,30)(H,29,31)/b19-14+. The van der Waals surface area contributed by atoms with Crippen molar-refractivity contribution in [2.75, 3.05) is 17.2 Å². The monoisotopic (exact) mass is 445 g/mol. The second-order valence-electron chi connectivity index (χ2n) is 6.91. The van der Waals surface area contributed by atoms with E-state index >= 15 is 0 Å². The Kier molecular flexibility index (Phi) is 7.63. The van der Waals surface area contributed by atoms with Gasteiger partial charge >= 0.3 is 0 Å². The lowest BCUT2D eigenvalue weighted by Crippen LogP contribution is -2.20. The molecule has 2 N–H and O–H groups in total. The Labute approximate surface area is 191 Å². The van der Waals surface area contributed by atoms with Gasteiger partial charge in [0.15, 0.2) is 6.61 Å². The van der Waals surface area contributed by atoms with Crippen molar-refractivity contribution in [1.29, 1.82) is 5.26 Å². The Bertz CT molecular complexity index is 1180. The van der Waals surface area contributed by atoms with E-state index < -0.39 is 5.91 Å². The van der Waals surface area contributed by atoms with Crippen molar-refractivity contribution in [2.45, 2.75) is 6.92 Å². The van der Waals surface area contributed by atoms with Crippen molar-refractivity contribution in [3.8, 4) is 11.8 Å². The number of nitriles is 1. The lowest BCUT2D eigenvalue weighted by molar-refractivity contribution is -0.118. The molecule has 0 bridgehead atoms. The maximum absolute atomic E-state index is 12.3. The van der Waals surface area contributed by atoms with Gasteiger partial charge in [0.25, 0.3) is 11.8 Å². The SMILES string of the molecule is Cc1cccc(NC(=O)COc2ccc(/C=C(\C#N)C(=O)Nc3ccc(Cl)cc3)cc2)c1. The number of hydrogen-bond donors (Lipinski definition) is 2. The van der Waals surface area contributed by atoms with Crippen LogP contribution < -0.4 is 15.4 Å². The van der Waals surface area contributed by atoms with Gasteiger partial charge in [-0.15, -0.1) is 0 Å². The zero-order valence-electron chi connectivity index (χ0n) is 17.3. The van der Waals surface area contributed by atoms with Crippen LogP contribution in [0, 0.1) is 18.3 Å². The molecule has 0 aromatic heterocycles. The van der Waals surface area contributed by atoms with Gasteiger partial charge in [-0.3, -0.25) is 9.59 Å². The molecule has 3 rings (SSSR count). The summed E-state index contributed by atoms with van der Waals surface area (Å²) in [6, 6.07) is 22.7. The minimum atomic E-state index is -0.525. The summed E-state index contributed by atoms with van der Waals surface area (Å²) >= 11 is 5.83. The molecular weight excluding hydrogens is 426 g/mol. The van der Waals surface area contributed by atoms with E-state index in [-0.39, 0.29) is 18.1 Å². The van der Waals surface area contributed by atoms with Crippen LogP contribution in [-0.4, -0.2) is 18.4 Å². The molecule has 0 radical (unpaired) electrons. The fraction of sp³-hybridized carbons (Fsp3) is 0.0800. The number of ether oxygens (including phenoxy) is 1. The minimum Gasteiger partial charge on any atom is -0.484 e. The first-order chi connectivity index (χ1) is 15.4. The molecule has 3 aromatic rings. The Morgan fingerprint density at radius 3 is 2.38 bits per heavy atom. The molecule has 0 saturated carbocycles. The number of hydrogen-bond acceptors (Lipinski definition) is 4. The van der Waals surface area contributed by atoms with Gasteiger partial charge in [0.2, 0.25) is 0 Å². The van der Waals surface area contributed by atoms with Crippen LogP contribution in [0.5, 0.6) is 5.75 Å². The summed E-state index contributed by atoms with van der Waals surface area (Å²) in [5.41, 5.74) is 2.88. The minimum absolute atomic E-state index is 0.0499. The van der Waals surface area contributed by atoms with E-state index in [1.165, 1.54) is 6.08 Å². The third kappa shape index (κ3) is 6.73. The van der Waals surface area contributed by atoms with Crippen molar-refractivity contribution in [1.82, 2.24) is 0 Å². The van der Waals surface area contributed by atoms with E-state index in [4.69, 9.17) is 16.3 Å². The highest BCUT2D eigenvalue weighted by atomic mass is 35.5. The summed E-state index contributed by atoms with van der Waals surface area (Å²) in [6.07, 6.45) is 1.47. The number of rotatable bonds is 7. The van der Waals surface area contributed by atoms with Crippen LogP contribution in [0.2, 0.25) is 5.02 Å². The normalized spacial score (nSPS) is 10.7. The lowest BCUT2D eigenvalue weighted by atomic mass is 10.1. The number of carbonyl (C=O) groups is 2. The molecule has 0 fully saturated rings. The van der Waals surface area contributed by atoms with Crippen molar-refractivity contribution in [3.63, 3.8) is 0 Å². The molecule has 0 atom stereocenters. The molecule has 0 aliphatic rings. The average Bonchev–Trinajstić information content (AvgIpc) is 2.78. The predicted octanol–water partition coefficient (Wildman–Crippen LogP) is 5.21. The lowest BCUT2D eigenvalue weighted by Gasteiger charge is -2.08. The number of carbonyl (C=O) groups excluding carboxylic acids is 2. The van der Waals surface area contributed by atoms with Gasteiger partial charge in [-0.05, 0) is 72.7 Å². The molecule has 0 saturated heterocycles. The third-order valence-electron chi connectivity index (χ3n) is 4.33. The first kappa shape index (κ1) is 22.6. The predicted molar refractivity (Wildman–Crippen MR) is 125 cm³/mol. The molecule has 0 heterocycles. The smallest absolute Gasteiger partial charge is 0.266 e. The summed E-state index contributed by atoms with van der Waals surface area (Å²) in [4.78, 5) is 24.4. The van der Waals surface area contributed by atoms with Gasteiger partial charge in [0.05, 0.1) is 0 Å². The molecule has 0 aliphatic heterocycles. The molecule has 0 unspecified atom stereocenters. The van der Waals surface area contributed by atoms with Gasteiger partial charge in [0.1, 0.15) is 17.4 Å². The highest BCUT2D eigenvalue weighted by molar-refractivity contribution is 6.30. The molecule has 0 aliphatic carbocycles. The Hall–Kier alpha value is -4.08. The fourth-order valence-corrected chi connectivity index (χ4v) is 2.90. The van der Waals surface area contributed by atoms with Crippen LogP contribution in [-0.2, 0) is 9.59 Å². The molecule has 32 heavy (non-hydrogen) atoms. The summed E-state index contributed by atoms with van der Waals surface area (Å²) in [6.45, 7) is 1.80. The zero-order chi connectivity index (χ0) is 22.9. The number of benzene rings is 3. The fourth-order valence-electron chi connectivity index (χ4n) is 2.78. The Balaban J connectivity index is 1.57. The molecule has 7 heteroatoms. The Morgan fingerprint density at radius 1 is 1.00 bits per heavy atom. The molecule has 0 spiro atoms. The van der Waals surface area contributed by atoms with E-state index in [0.717, 1.165) is 5.56 Å². The second-order valence-corrected chi connectivity index (χ2v) is 7.34. The van der Waals surface area contributed by atoms with Gasteiger partial charge in [-0.2, -0.15) is 5.26 Å². The highest BCUT2D eigenvalue weighted by Gasteiger charge is 2.10. The summed E-state index contributed by atoms with van der Waals surface area (Å²) in [5, 5.41) is 15.3. The first-order valence-corrected chi connectivity index (χ1v) is 10.1. The van der Waals surface area contributed by atoms with Gasteiger partial charge in [0, 0.05) is 16.4 Å². The summed E-state index contributed by atoms with van der Waals surface area (Å²) in [5.74, 6) is -0.307. The Morgan fingerprint density at radius 2 is 1.72 bits per heavy atom. The molecular formula is C25H20ClN3O3. The van der Waals surface area contributed by atoms with Crippen LogP contribution in [0.3, 0.4) is 0 Å². The number of nitrogens with zero attached hydrogens (tertiary/aromatic N) is 1. The first-order valence-electron chi connectivity index (χ1n) is 9.71. The molecule has 6 nitrogen and oxygen atoms in total. The van der Waals surface area contributed by atoms with Crippen molar-refractivity contribution in [3.05, 3.63) is 94.5 Å². The van der Waals surface area contributed by atoms with Gasteiger partial charge in [-0.1, -0.05) is 35.9 Å². The van der Waals surface area contributed by atoms with E-state index in [2.05, 4.69) is 10.6 Å². The second kappa shape index (κ2) is 10.8. The van der Waals surface area contributed by atoms with Crippen molar-refractivity contribution < 1.29 is 14.3 Å². The summed E-state index contributed by atoms with van der Waals surface area (Å²) < 4.78 is 5.50. The maximum Gasteiger partial charge on any atom is 0.266 e. The van der Waals surface area contributed by atoms with E-state index in [9.17, 15) is 14.9 Å². The van der Waals surface area contributed by atoms with Gasteiger partial charge in [-0.25, -0.2) is 0 Å². The number of aryl methyl sites for hydroxylation is 1. The number of anilines is 2. The third-order valence-corrected chi connectivity index (χ3v) is 4.58. The largest absolute Gasteiger partial charge is 0.484 e. The quantitative estimate of drug-likeness (QED) is 0.385. The molecule has 3 aromatic carbocycles. The van der Waals surface area contributed by atoms with Crippen LogP contribution >= 0.6 is 11.6 Å². The molecule has 2 amide bonds. The van der Waals surface area contributed by atoms with Crippen LogP contribution in [0.4, 0.5) is 11.4 Å². The number of amides is 2. The van der Waals surface area contributed by atoms with Crippen LogP contribution in [0.15, 0.2) is 78.4 Å². The number of halogens is 1. The van der Waals surface area contributed by atoms with Crippen molar-refractivity contribution in [2.24, 2.45) is 0 Å². The summed E-state index contributed by atoms with van der Waals surface area (Å²) in [7, 11) is 0. The average molecular weight is 446 g/mol. The number of nitrogens with one attached hydrogen (secondary N) is 2. The van der Waals surface area contributed by atoms with E-state index in [0.29, 0.717) is 27.7 Å². The maximum atomic E-state index is 12.3. The van der Waals surface area contributed by atoms with Gasteiger partial charge < -0.3 is 15.4 Å². The zero-order valence-corrected chi connectivity index (χ0v) is 18.0. The van der Waals surface area contributed by atoms with Crippen molar-refractivity contribution >= 4 is 40.9 Å². The van der Waals surface area contributed by atoms with Crippen LogP contribution in [0.25, 0.3) is 6.08 Å². The highest BCUT2D eigenvalue weighted by Crippen LogP contribution is 2.17.